The Labute approximate surface area is 174 Å². The number of fused-ring (bicyclic) bond motifs is 1. The van der Waals surface area contributed by atoms with Gasteiger partial charge in [-0.3, -0.25) is 9.59 Å². The molecule has 1 unspecified atom stereocenters. The molecule has 30 heavy (non-hydrogen) atoms. The molecule has 2 aliphatic carbocycles. The van der Waals surface area contributed by atoms with E-state index in [0.29, 0.717) is 29.2 Å². The zero-order valence-corrected chi connectivity index (χ0v) is 16.7. The van der Waals surface area contributed by atoms with Crippen LogP contribution < -0.4 is 10.6 Å². The highest BCUT2D eigenvalue weighted by molar-refractivity contribution is 6.06. The highest BCUT2D eigenvalue weighted by Crippen LogP contribution is 2.39. The molecule has 2 aliphatic rings. The molecule has 154 valence electrons. The Morgan fingerprint density at radius 1 is 1.13 bits per heavy atom. The van der Waals surface area contributed by atoms with Gasteiger partial charge in [0.1, 0.15) is 11.6 Å². The Bertz CT molecular complexity index is 1070. The van der Waals surface area contributed by atoms with Crippen LogP contribution in [0.2, 0.25) is 0 Å². The third kappa shape index (κ3) is 4.06. The fraction of sp³-hybridized carbons (Fsp3) is 0.391. The number of nitrogens with zero attached hydrogens (tertiary/aromatic N) is 2. The summed E-state index contributed by atoms with van der Waals surface area (Å²) in [5.41, 5.74) is 3.74. The monoisotopic (exact) mass is 403 g/mol. The molecule has 0 saturated heterocycles. The molecule has 3 aromatic rings. The van der Waals surface area contributed by atoms with Gasteiger partial charge < -0.3 is 15.6 Å². The lowest BCUT2D eigenvalue weighted by Gasteiger charge is -2.18. The minimum absolute atomic E-state index is 0.119. The van der Waals surface area contributed by atoms with E-state index in [1.807, 2.05) is 30.3 Å². The van der Waals surface area contributed by atoms with Crippen LogP contribution in [-0.2, 0) is 11.2 Å². The lowest BCUT2D eigenvalue weighted by Crippen LogP contribution is -2.48. The van der Waals surface area contributed by atoms with Gasteiger partial charge in [0.15, 0.2) is 5.65 Å². The first-order chi connectivity index (χ1) is 14.7. The molecular formula is C23H25N5O2. The van der Waals surface area contributed by atoms with Gasteiger partial charge >= 0.3 is 0 Å². The minimum Gasteiger partial charge on any atom is -0.354 e. The summed E-state index contributed by atoms with van der Waals surface area (Å²) in [4.78, 5) is 37.8. The van der Waals surface area contributed by atoms with Crippen LogP contribution in [0.25, 0.3) is 11.2 Å². The van der Waals surface area contributed by atoms with Crippen LogP contribution in [0.15, 0.2) is 42.7 Å². The molecule has 2 amide bonds. The summed E-state index contributed by atoms with van der Waals surface area (Å²) in [6.07, 6.45) is 8.34. The van der Waals surface area contributed by atoms with Crippen LogP contribution in [0.4, 0.5) is 0 Å². The van der Waals surface area contributed by atoms with Gasteiger partial charge in [-0.25, -0.2) is 9.97 Å². The lowest BCUT2D eigenvalue weighted by atomic mass is 10.1. The van der Waals surface area contributed by atoms with Gasteiger partial charge in [0.05, 0.1) is 17.5 Å². The van der Waals surface area contributed by atoms with Crippen molar-refractivity contribution >= 4 is 23.0 Å². The molecule has 0 radical (unpaired) electrons. The van der Waals surface area contributed by atoms with E-state index in [0.717, 1.165) is 37.8 Å². The zero-order chi connectivity index (χ0) is 20.5. The second kappa shape index (κ2) is 7.89. The first-order valence-corrected chi connectivity index (χ1v) is 10.7. The van der Waals surface area contributed by atoms with Crippen molar-refractivity contribution in [2.24, 2.45) is 5.92 Å². The molecule has 2 heterocycles. The average molecular weight is 403 g/mol. The summed E-state index contributed by atoms with van der Waals surface area (Å²) >= 11 is 0. The Morgan fingerprint density at radius 2 is 1.93 bits per heavy atom. The third-order valence-electron chi connectivity index (χ3n) is 5.86. The number of rotatable bonds is 8. The van der Waals surface area contributed by atoms with Crippen LogP contribution in [0.5, 0.6) is 0 Å². The maximum absolute atomic E-state index is 13.0. The van der Waals surface area contributed by atoms with E-state index in [2.05, 4.69) is 25.6 Å². The molecule has 7 heteroatoms. The van der Waals surface area contributed by atoms with Crippen LogP contribution in [0.1, 0.15) is 53.2 Å². The van der Waals surface area contributed by atoms with Gasteiger partial charge in [-0.05, 0) is 43.6 Å². The fourth-order valence-corrected chi connectivity index (χ4v) is 3.78. The van der Waals surface area contributed by atoms with Gasteiger partial charge in [0, 0.05) is 18.7 Å². The van der Waals surface area contributed by atoms with Crippen molar-refractivity contribution in [2.75, 3.05) is 6.54 Å². The second-order valence-electron chi connectivity index (χ2n) is 8.28. The summed E-state index contributed by atoms with van der Waals surface area (Å²) in [6.45, 7) is 0.547. The highest BCUT2D eigenvalue weighted by Gasteiger charge is 2.37. The summed E-state index contributed by atoms with van der Waals surface area (Å²) in [6, 6.07) is 9.52. The number of hydrogen-bond acceptors (Lipinski definition) is 4. The smallest absolute Gasteiger partial charge is 0.255 e. The van der Waals surface area contributed by atoms with Crippen molar-refractivity contribution in [1.29, 1.82) is 0 Å². The van der Waals surface area contributed by atoms with Crippen molar-refractivity contribution in [3.63, 3.8) is 0 Å². The average Bonchev–Trinajstić information content (AvgIpc) is 3.69. The largest absolute Gasteiger partial charge is 0.354 e. The molecule has 2 fully saturated rings. The molecule has 0 aliphatic heterocycles. The van der Waals surface area contributed by atoms with Crippen LogP contribution in [0, 0.1) is 5.92 Å². The first-order valence-electron chi connectivity index (χ1n) is 10.7. The summed E-state index contributed by atoms with van der Waals surface area (Å²) < 4.78 is 0. The van der Waals surface area contributed by atoms with Crippen molar-refractivity contribution in [2.45, 2.75) is 44.1 Å². The van der Waals surface area contributed by atoms with E-state index in [1.54, 1.807) is 12.4 Å². The topological polar surface area (TPSA) is 99.8 Å². The van der Waals surface area contributed by atoms with Gasteiger partial charge in [-0.1, -0.05) is 30.3 Å². The number of amides is 2. The van der Waals surface area contributed by atoms with Gasteiger partial charge in [0.25, 0.3) is 5.91 Å². The van der Waals surface area contributed by atoms with Crippen molar-refractivity contribution in [3.8, 4) is 0 Å². The van der Waals surface area contributed by atoms with Crippen LogP contribution in [-0.4, -0.2) is 39.4 Å². The van der Waals surface area contributed by atoms with E-state index < -0.39 is 6.04 Å². The van der Waals surface area contributed by atoms with Crippen molar-refractivity contribution in [3.05, 3.63) is 59.5 Å². The normalized spacial score (nSPS) is 16.9. The number of benzene rings is 1. The van der Waals surface area contributed by atoms with Gasteiger partial charge in [-0.15, -0.1) is 0 Å². The van der Waals surface area contributed by atoms with Crippen molar-refractivity contribution in [1.82, 2.24) is 25.6 Å². The molecule has 2 aromatic heterocycles. The highest BCUT2D eigenvalue weighted by atomic mass is 16.2. The molecule has 3 N–H and O–H groups in total. The number of nitrogens with one attached hydrogen (secondary N) is 3. The van der Waals surface area contributed by atoms with E-state index in [4.69, 9.17) is 0 Å². The SMILES string of the molecule is O=C(NC(C(=O)NCCc1ccccc1)C1CC1)c1c[nH]c2ncc(C3CC3)nc12. The molecule has 2 saturated carbocycles. The number of aromatic amines is 1. The maximum atomic E-state index is 13.0. The first kappa shape index (κ1) is 18.8. The number of carbonyl (C=O) groups is 2. The van der Waals surface area contributed by atoms with Gasteiger partial charge in [0.2, 0.25) is 5.91 Å². The number of hydrogen-bond donors (Lipinski definition) is 3. The minimum atomic E-state index is -0.516. The van der Waals surface area contributed by atoms with Gasteiger partial charge in [-0.2, -0.15) is 0 Å². The summed E-state index contributed by atoms with van der Waals surface area (Å²) in [5.74, 6) is 0.260. The molecule has 5 rings (SSSR count). The summed E-state index contributed by atoms with van der Waals surface area (Å²) in [5, 5.41) is 5.93. The quantitative estimate of drug-likeness (QED) is 0.538. The van der Waals surface area contributed by atoms with Crippen LogP contribution in [0.3, 0.4) is 0 Å². The summed E-state index contributed by atoms with van der Waals surface area (Å²) in [7, 11) is 0. The molecule has 1 aromatic carbocycles. The number of carbonyl (C=O) groups excluding carboxylic acids is 2. The maximum Gasteiger partial charge on any atom is 0.255 e. The van der Waals surface area contributed by atoms with E-state index in [9.17, 15) is 9.59 Å². The third-order valence-corrected chi connectivity index (χ3v) is 5.86. The van der Waals surface area contributed by atoms with E-state index in [1.165, 1.54) is 5.56 Å². The predicted octanol–water partition coefficient (Wildman–Crippen LogP) is 2.70. The Kier molecular flexibility index (Phi) is 4.94. The molecule has 0 spiro atoms. The molecule has 1 atom stereocenters. The van der Waals surface area contributed by atoms with E-state index >= 15 is 0 Å². The lowest BCUT2D eigenvalue weighted by molar-refractivity contribution is -0.123. The fourth-order valence-electron chi connectivity index (χ4n) is 3.78. The van der Waals surface area contributed by atoms with Crippen LogP contribution >= 0.6 is 0 Å². The predicted molar refractivity (Wildman–Crippen MR) is 113 cm³/mol. The second-order valence-corrected chi connectivity index (χ2v) is 8.28. The Morgan fingerprint density at radius 3 is 2.67 bits per heavy atom. The molecular weight excluding hydrogens is 378 g/mol. The Balaban J connectivity index is 1.25. The standard InChI is InChI=1S/C23H25N5O2/c29-22(17-12-25-21-20(17)27-18(13-26-21)15-6-7-15)28-19(16-8-9-16)23(30)24-11-10-14-4-2-1-3-5-14/h1-5,12-13,15-16,19H,6-11H2,(H,24,30)(H,25,26)(H,28,29). The molecule has 7 nitrogen and oxygen atoms in total. The van der Waals surface area contributed by atoms with Crippen molar-refractivity contribution < 1.29 is 9.59 Å². The zero-order valence-electron chi connectivity index (χ0n) is 16.7. The number of H-pyrrole nitrogens is 1. The Hall–Kier alpha value is -3.22. The van der Waals surface area contributed by atoms with E-state index in [-0.39, 0.29) is 17.7 Å². The molecule has 0 bridgehead atoms. The number of aromatic nitrogens is 3.